The average molecular weight is 278 g/mol. The number of non-ortho nitro benzene ring substituents is 1. The Labute approximate surface area is 111 Å². The molecule has 8 heteroatoms. The van der Waals surface area contributed by atoms with Crippen LogP contribution in [-0.4, -0.2) is 20.6 Å². The van der Waals surface area contributed by atoms with Gasteiger partial charge in [-0.05, 0) is 18.9 Å². The van der Waals surface area contributed by atoms with Crippen molar-refractivity contribution in [2.24, 2.45) is 5.92 Å². The second kappa shape index (κ2) is 4.19. The van der Waals surface area contributed by atoms with E-state index in [1.54, 1.807) is 0 Å². The molecule has 0 spiro atoms. The third-order valence-electron chi connectivity index (χ3n) is 3.69. The molecular formula is C12H10N2O6. The van der Waals surface area contributed by atoms with Crippen LogP contribution in [0.1, 0.15) is 18.9 Å². The first-order valence-corrected chi connectivity index (χ1v) is 6.01. The van der Waals surface area contributed by atoms with Gasteiger partial charge in [0.05, 0.1) is 22.4 Å². The molecule has 3 rings (SSSR count). The number of aliphatic carboxylic acids is 1. The van der Waals surface area contributed by atoms with Gasteiger partial charge in [0.2, 0.25) is 0 Å². The molecule has 104 valence electrons. The first-order chi connectivity index (χ1) is 9.49. The highest BCUT2D eigenvalue weighted by molar-refractivity contribution is 5.77. The third-order valence-corrected chi connectivity index (χ3v) is 3.69. The fourth-order valence-electron chi connectivity index (χ4n) is 2.53. The van der Waals surface area contributed by atoms with E-state index in [9.17, 15) is 19.7 Å². The lowest BCUT2D eigenvalue weighted by Crippen LogP contribution is -2.38. The monoisotopic (exact) mass is 278 g/mol. The summed E-state index contributed by atoms with van der Waals surface area (Å²) in [6.07, 6.45) is 1.02. The summed E-state index contributed by atoms with van der Waals surface area (Å²) in [5, 5.41) is 19.8. The molecule has 8 nitrogen and oxygen atoms in total. The van der Waals surface area contributed by atoms with Gasteiger partial charge in [-0.3, -0.25) is 19.5 Å². The Balaban J connectivity index is 2.17. The third kappa shape index (κ3) is 1.68. The number of carboxylic acids is 1. The molecular weight excluding hydrogens is 268 g/mol. The summed E-state index contributed by atoms with van der Waals surface area (Å²) in [7, 11) is 0. The number of carboxylic acid groups (broad SMARTS) is 1. The topological polar surface area (TPSA) is 116 Å². The number of nitro groups is 1. The molecule has 1 aliphatic carbocycles. The van der Waals surface area contributed by atoms with Crippen LogP contribution in [0, 0.1) is 16.0 Å². The summed E-state index contributed by atoms with van der Waals surface area (Å²) >= 11 is 0. The fourth-order valence-corrected chi connectivity index (χ4v) is 2.53. The van der Waals surface area contributed by atoms with E-state index in [1.807, 2.05) is 0 Å². The number of nitro benzene ring substituents is 1. The molecule has 2 atom stereocenters. The molecule has 0 bridgehead atoms. The van der Waals surface area contributed by atoms with Crippen LogP contribution in [0.25, 0.3) is 11.1 Å². The van der Waals surface area contributed by atoms with E-state index in [4.69, 9.17) is 9.52 Å². The molecule has 0 aliphatic heterocycles. The number of carbonyl (C=O) groups is 1. The molecule has 2 aromatic rings. The van der Waals surface area contributed by atoms with Gasteiger partial charge < -0.3 is 9.52 Å². The zero-order valence-electron chi connectivity index (χ0n) is 10.2. The fraction of sp³-hybridized carbons (Fsp3) is 0.333. The first kappa shape index (κ1) is 12.4. The lowest BCUT2D eigenvalue weighted by Gasteiger charge is -2.33. The van der Waals surface area contributed by atoms with Gasteiger partial charge in [0.25, 0.3) is 5.69 Å². The Hall–Kier alpha value is -2.64. The van der Waals surface area contributed by atoms with Crippen molar-refractivity contribution < 1.29 is 19.2 Å². The minimum Gasteiger partial charge on any atom is -0.481 e. The van der Waals surface area contributed by atoms with E-state index in [1.165, 1.54) is 22.8 Å². The average Bonchev–Trinajstić information content (AvgIpc) is 2.63. The quantitative estimate of drug-likeness (QED) is 0.672. The largest absolute Gasteiger partial charge is 0.481 e. The van der Waals surface area contributed by atoms with E-state index in [0.717, 1.165) is 0 Å². The van der Waals surface area contributed by atoms with E-state index in [0.29, 0.717) is 12.8 Å². The SMILES string of the molecule is O=C(O)C1CCC1n1c(=O)oc2ccc([N+](=O)[O-])cc21. The van der Waals surface area contributed by atoms with Crippen molar-refractivity contribution in [3.63, 3.8) is 0 Å². The Morgan fingerprint density at radius 1 is 1.45 bits per heavy atom. The van der Waals surface area contributed by atoms with Crippen LogP contribution in [0.3, 0.4) is 0 Å². The van der Waals surface area contributed by atoms with Gasteiger partial charge >= 0.3 is 11.7 Å². The molecule has 2 unspecified atom stereocenters. The molecule has 20 heavy (non-hydrogen) atoms. The van der Waals surface area contributed by atoms with Crippen LogP contribution in [-0.2, 0) is 4.79 Å². The van der Waals surface area contributed by atoms with E-state index in [2.05, 4.69) is 0 Å². The Kier molecular flexibility index (Phi) is 2.60. The Morgan fingerprint density at radius 2 is 2.20 bits per heavy atom. The number of nitrogens with zero attached hydrogens (tertiary/aromatic N) is 2. The predicted molar refractivity (Wildman–Crippen MR) is 66.5 cm³/mol. The van der Waals surface area contributed by atoms with Gasteiger partial charge in [0.15, 0.2) is 5.58 Å². The number of fused-ring (bicyclic) bond motifs is 1. The normalized spacial score (nSPS) is 21.6. The van der Waals surface area contributed by atoms with Crippen LogP contribution < -0.4 is 5.76 Å². The number of hydrogen-bond acceptors (Lipinski definition) is 5. The van der Waals surface area contributed by atoms with Crippen LogP contribution in [0.5, 0.6) is 0 Å². The highest BCUT2D eigenvalue weighted by Gasteiger charge is 2.40. The van der Waals surface area contributed by atoms with E-state index in [-0.39, 0.29) is 16.8 Å². The minimum atomic E-state index is -0.979. The van der Waals surface area contributed by atoms with Crippen molar-refractivity contribution in [2.75, 3.05) is 0 Å². The van der Waals surface area contributed by atoms with Crippen molar-refractivity contribution in [3.8, 4) is 0 Å². The van der Waals surface area contributed by atoms with Gasteiger partial charge in [-0.25, -0.2) is 4.79 Å². The number of benzene rings is 1. The lowest BCUT2D eigenvalue weighted by atomic mass is 9.79. The maximum atomic E-state index is 11.9. The summed E-state index contributed by atoms with van der Waals surface area (Å²) in [5.74, 6) is -2.32. The zero-order chi connectivity index (χ0) is 14.4. The lowest BCUT2D eigenvalue weighted by molar-refractivity contribution is -0.384. The van der Waals surface area contributed by atoms with Gasteiger partial charge in [0.1, 0.15) is 0 Å². The van der Waals surface area contributed by atoms with Crippen molar-refractivity contribution in [1.82, 2.24) is 4.57 Å². The van der Waals surface area contributed by atoms with Gasteiger partial charge in [-0.15, -0.1) is 0 Å². The van der Waals surface area contributed by atoms with Gasteiger partial charge in [-0.1, -0.05) is 0 Å². The zero-order valence-corrected chi connectivity index (χ0v) is 10.2. The molecule has 1 aromatic heterocycles. The molecule has 0 radical (unpaired) electrons. The maximum Gasteiger partial charge on any atom is 0.420 e. The molecule has 1 aromatic carbocycles. The second-order valence-corrected chi connectivity index (χ2v) is 4.74. The van der Waals surface area contributed by atoms with Crippen LogP contribution in [0.15, 0.2) is 27.4 Å². The summed E-state index contributed by atoms with van der Waals surface area (Å²) in [4.78, 5) is 33.1. The van der Waals surface area contributed by atoms with Crippen molar-refractivity contribution in [3.05, 3.63) is 38.9 Å². The van der Waals surface area contributed by atoms with E-state index >= 15 is 0 Å². The molecule has 0 amide bonds. The molecule has 1 heterocycles. The van der Waals surface area contributed by atoms with Crippen LogP contribution >= 0.6 is 0 Å². The van der Waals surface area contributed by atoms with Gasteiger partial charge in [0, 0.05) is 12.1 Å². The van der Waals surface area contributed by atoms with Crippen molar-refractivity contribution in [2.45, 2.75) is 18.9 Å². The molecule has 1 fully saturated rings. The standard InChI is InChI=1S/C12H10N2O6/c15-11(16)7-2-3-8(7)13-9-5-6(14(18)19)1-4-10(9)20-12(13)17/h1,4-5,7-8H,2-3H2,(H,15,16). The summed E-state index contributed by atoms with van der Waals surface area (Å²) in [5.41, 5.74) is 0.315. The summed E-state index contributed by atoms with van der Waals surface area (Å²) in [6, 6.07) is 3.31. The van der Waals surface area contributed by atoms with Crippen LogP contribution in [0.2, 0.25) is 0 Å². The second-order valence-electron chi connectivity index (χ2n) is 4.74. The Bertz CT molecular complexity index is 774. The minimum absolute atomic E-state index is 0.168. The number of oxazole rings is 1. The molecule has 1 aliphatic rings. The number of rotatable bonds is 3. The highest BCUT2D eigenvalue weighted by Crippen LogP contribution is 2.39. The highest BCUT2D eigenvalue weighted by atomic mass is 16.6. The van der Waals surface area contributed by atoms with Crippen molar-refractivity contribution in [1.29, 1.82) is 0 Å². The smallest absolute Gasteiger partial charge is 0.420 e. The first-order valence-electron chi connectivity index (χ1n) is 6.01. The van der Waals surface area contributed by atoms with Crippen LogP contribution in [0.4, 0.5) is 5.69 Å². The predicted octanol–water partition coefficient (Wildman–Crippen LogP) is 1.54. The molecule has 0 saturated heterocycles. The summed E-state index contributed by atoms with van der Waals surface area (Å²) < 4.78 is 6.22. The maximum absolute atomic E-state index is 11.9. The van der Waals surface area contributed by atoms with E-state index < -0.39 is 28.6 Å². The molecule has 1 N–H and O–H groups in total. The number of aromatic nitrogens is 1. The van der Waals surface area contributed by atoms with Crippen molar-refractivity contribution >= 4 is 22.8 Å². The summed E-state index contributed by atoms with van der Waals surface area (Å²) in [6.45, 7) is 0. The Morgan fingerprint density at radius 3 is 2.75 bits per heavy atom. The van der Waals surface area contributed by atoms with Gasteiger partial charge in [-0.2, -0.15) is 0 Å². The number of hydrogen-bond donors (Lipinski definition) is 1. The molecule has 1 saturated carbocycles.